The summed E-state index contributed by atoms with van der Waals surface area (Å²) >= 11 is 0. The van der Waals surface area contributed by atoms with Crippen molar-refractivity contribution in [1.82, 2.24) is 4.90 Å². The normalized spacial score (nSPS) is 14.5. The lowest BCUT2D eigenvalue weighted by Crippen LogP contribution is -2.30. The van der Waals surface area contributed by atoms with Crippen molar-refractivity contribution in [2.75, 3.05) is 59.6 Å². The summed E-state index contributed by atoms with van der Waals surface area (Å²) in [5, 5.41) is 0. The number of nitrogens with zero attached hydrogens (tertiary/aromatic N) is 1. The van der Waals surface area contributed by atoms with E-state index in [-0.39, 0.29) is 32.8 Å². The molecule has 0 amide bonds. The number of esters is 1. The highest BCUT2D eigenvalue weighted by molar-refractivity contribution is 5.69. The number of unbranched alkanes of at least 4 members (excludes halogenated alkanes) is 18. The monoisotopic (exact) mass is 788 g/mol. The van der Waals surface area contributed by atoms with E-state index in [0.29, 0.717) is 19.6 Å². The zero-order valence-corrected chi connectivity index (χ0v) is 36.8. The summed E-state index contributed by atoms with van der Waals surface area (Å²) in [7, 11) is 0. The topological polar surface area (TPSA) is 66.5 Å². The van der Waals surface area contributed by atoms with Gasteiger partial charge in [-0.15, -0.1) is 0 Å². The number of hydrogen-bond donors (Lipinski definition) is 0. The first-order valence-electron chi connectivity index (χ1n) is 23.6. The largest absolute Gasteiger partial charge is 0.457 e. The van der Waals surface area contributed by atoms with Crippen molar-refractivity contribution in [1.29, 1.82) is 0 Å². The van der Waals surface area contributed by atoms with Crippen LogP contribution < -0.4 is 0 Å². The van der Waals surface area contributed by atoms with Gasteiger partial charge >= 0.3 is 5.97 Å². The number of allylic oxidation sites excluding steroid dienone is 8. The van der Waals surface area contributed by atoms with Crippen LogP contribution in [0.4, 0.5) is 0 Å². The summed E-state index contributed by atoms with van der Waals surface area (Å²) in [6.45, 7) is 10.0. The third-order valence-electron chi connectivity index (χ3n) is 10.3. The lowest BCUT2D eigenvalue weighted by atomic mass is 10.1. The predicted molar refractivity (Wildman–Crippen MR) is 237 cm³/mol. The first-order valence-corrected chi connectivity index (χ1v) is 23.6. The van der Waals surface area contributed by atoms with Crippen molar-refractivity contribution in [3.63, 3.8) is 0 Å². The molecule has 0 aromatic rings. The number of ether oxygens (including phenoxy) is 5. The predicted octanol–water partition coefficient (Wildman–Crippen LogP) is 13.4. The highest BCUT2D eigenvalue weighted by Crippen LogP contribution is 2.12. The fourth-order valence-corrected chi connectivity index (χ4v) is 6.79. The van der Waals surface area contributed by atoms with Gasteiger partial charge in [0.15, 0.2) is 0 Å². The fourth-order valence-electron chi connectivity index (χ4n) is 6.79. The number of likely N-dealkylation sites (tertiary alicyclic amines) is 1. The third-order valence-corrected chi connectivity index (χ3v) is 10.3. The Balaban J connectivity index is 2.07. The van der Waals surface area contributed by atoms with Crippen molar-refractivity contribution in [2.45, 2.75) is 200 Å². The van der Waals surface area contributed by atoms with Gasteiger partial charge in [-0.2, -0.15) is 0 Å². The van der Waals surface area contributed by atoms with E-state index in [0.717, 1.165) is 51.7 Å². The van der Waals surface area contributed by atoms with Gasteiger partial charge in [0, 0.05) is 19.6 Å². The lowest BCUT2D eigenvalue weighted by molar-refractivity contribution is -0.165. The summed E-state index contributed by atoms with van der Waals surface area (Å²) in [5.41, 5.74) is 0. The zero-order valence-electron chi connectivity index (χ0n) is 36.8. The van der Waals surface area contributed by atoms with Crippen LogP contribution in [0.1, 0.15) is 194 Å². The Morgan fingerprint density at radius 2 is 0.911 bits per heavy atom. The van der Waals surface area contributed by atoms with E-state index < -0.39 is 6.10 Å². The van der Waals surface area contributed by atoms with Crippen molar-refractivity contribution in [3.05, 3.63) is 48.6 Å². The molecule has 7 heteroatoms. The van der Waals surface area contributed by atoms with Gasteiger partial charge in [0.05, 0.1) is 13.2 Å². The highest BCUT2D eigenvalue weighted by atomic mass is 16.7. The number of rotatable bonds is 43. The number of carbonyl (C=O) groups excluding carboxylic acids is 1. The molecular weight excluding hydrogens is 699 g/mol. The average Bonchev–Trinajstić information content (AvgIpc) is 3.73. The van der Waals surface area contributed by atoms with E-state index in [1.165, 1.54) is 141 Å². The standard InChI is InChI=1S/C49H89NO6/c1-3-5-7-9-11-13-15-17-19-21-23-25-27-29-31-35-42-52-46-54-44-48(56-49(51)38-37-41-50-39-33-34-40-50)45-55-47-53-43-36-32-30-28-26-24-22-20-18-16-14-12-10-8-6-4-2/h11-14,17-20,48H,3-10,15-16,21-47H2,1-2H3. The summed E-state index contributed by atoms with van der Waals surface area (Å²) in [6.07, 6.45) is 51.4. The molecule has 0 N–H and O–H groups in total. The average molecular weight is 788 g/mol. The molecule has 0 atom stereocenters. The van der Waals surface area contributed by atoms with Crippen LogP contribution in [0, 0.1) is 0 Å². The smallest absolute Gasteiger partial charge is 0.306 e. The van der Waals surface area contributed by atoms with E-state index >= 15 is 0 Å². The van der Waals surface area contributed by atoms with Crippen molar-refractivity contribution < 1.29 is 28.5 Å². The Morgan fingerprint density at radius 3 is 1.36 bits per heavy atom. The highest BCUT2D eigenvalue weighted by Gasteiger charge is 2.17. The number of hydrogen-bond acceptors (Lipinski definition) is 7. The van der Waals surface area contributed by atoms with Gasteiger partial charge in [-0.05, 0) is 116 Å². The molecule has 0 radical (unpaired) electrons. The van der Waals surface area contributed by atoms with Crippen LogP contribution in [0.25, 0.3) is 0 Å². The van der Waals surface area contributed by atoms with Gasteiger partial charge < -0.3 is 28.6 Å². The first kappa shape index (κ1) is 52.2. The van der Waals surface area contributed by atoms with Gasteiger partial charge in [0.25, 0.3) is 0 Å². The van der Waals surface area contributed by atoms with Gasteiger partial charge in [-0.25, -0.2) is 0 Å². The molecule has 0 bridgehead atoms. The molecule has 1 aliphatic heterocycles. The molecule has 7 nitrogen and oxygen atoms in total. The molecule has 0 aromatic heterocycles. The van der Waals surface area contributed by atoms with Crippen LogP contribution in [0.5, 0.6) is 0 Å². The summed E-state index contributed by atoms with van der Waals surface area (Å²) in [5.74, 6) is -0.189. The number of carbonyl (C=O) groups is 1. The van der Waals surface area contributed by atoms with Gasteiger partial charge in [0.1, 0.15) is 19.7 Å². The lowest BCUT2D eigenvalue weighted by Gasteiger charge is -2.19. The Bertz CT molecular complexity index is 872. The second-order valence-corrected chi connectivity index (χ2v) is 15.7. The van der Waals surface area contributed by atoms with E-state index in [9.17, 15) is 4.79 Å². The molecule has 326 valence electrons. The second kappa shape index (κ2) is 44.3. The molecule has 1 heterocycles. The van der Waals surface area contributed by atoms with Crippen LogP contribution in [0.3, 0.4) is 0 Å². The van der Waals surface area contributed by atoms with Crippen LogP contribution in [-0.4, -0.2) is 76.6 Å². The molecule has 0 saturated carbocycles. The molecule has 1 saturated heterocycles. The van der Waals surface area contributed by atoms with Crippen LogP contribution in [0.15, 0.2) is 48.6 Å². The van der Waals surface area contributed by atoms with Crippen LogP contribution >= 0.6 is 0 Å². The molecule has 0 aromatic carbocycles. The van der Waals surface area contributed by atoms with Crippen molar-refractivity contribution >= 4 is 5.97 Å². The second-order valence-electron chi connectivity index (χ2n) is 15.7. The molecule has 1 fully saturated rings. The minimum absolute atomic E-state index is 0.189. The Hall–Kier alpha value is -1.77. The molecule has 56 heavy (non-hydrogen) atoms. The zero-order chi connectivity index (χ0) is 40.1. The quantitative estimate of drug-likeness (QED) is 0.0264. The maximum Gasteiger partial charge on any atom is 0.306 e. The van der Waals surface area contributed by atoms with Gasteiger partial charge in [-0.1, -0.05) is 140 Å². The van der Waals surface area contributed by atoms with Crippen molar-refractivity contribution in [3.8, 4) is 0 Å². The summed E-state index contributed by atoms with van der Waals surface area (Å²) in [4.78, 5) is 15.0. The van der Waals surface area contributed by atoms with E-state index in [1.807, 2.05) is 0 Å². The Labute approximate surface area is 346 Å². The Morgan fingerprint density at radius 1 is 0.500 bits per heavy atom. The Kier molecular flexibility index (Phi) is 41.4. The molecule has 1 rings (SSSR count). The molecule has 0 aliphatic carbocycles. The molecule has 0 spiro atoms. The minimum Gasteiger partial charge on any atom is -0.457 e. The SMILES string of the molecule is CCCCCC=CCC=CCCCCCCCCOCOCC(COCOCCCCCCCCC=CCC=CCCCCC)OC(=O)CCCN1CCCC1. The molecular formula is C49H89NO6. The van der Waals surface area contributed by atoms with Gasteiger partial charge in [-0.3, -0.25) is 4.79 Å². The van der Waals surface area contributed by atoms with E-state index in [2.05, 4.69) is 67.4 Å². The first-order chi connectivity index (χ1) is 27.8. The van der Waals surface area contributed by atoms with Gasteiger partial charge in [0.2, 0.25) is 0 Å². The summed E-state index contributed by atoms with van der Waals surface area (Å²) in [6, 6.07) is 0. The van der Waals surface area contributed by atoms with Crippen LogP contribution in [-0.2, 0) is 28.5 Å². The fraction of sp³-hybridized carbons (Fsp3) is 0.816. The van der Waals surface area contributed by atoms with E-state index in [1.54, 1.807) is 0 Å². The summed E-state index contributed by atoms with van der Waals surface area (Å²) < 4.78 is 28.7. The minimum atomic E-state index is -0.467. The third kappa shape index (κ3) is 39.1. The maximum atomic E-state index is 12.6. The van der Waals surface area contributed by atoms with Crippen LogP contribution in [0.2, 0.25) is 0 Å². The van der Waals surface area contributed by atoms with E-state index in [4.69, 9.17) is 23.7 Å². The maximum absolute atomic E-state index is 12.6. The van der Waals surface area contributed by atoms with Crippen molar-refractivity contribution in [2.24, 2.45) is 0 Å². The molecule has 1 aliphatic rings. The molecule has 0 unspecified atom stereocenters.